The molecule has 1 N–H and O–H groups in total. The summed E-state index contributed by atoms with van der Waals surface area (Å²) in [5.41, 5.74) is 2.67. The molecule has 0 radical (unpaired) electrons. The van der Waals surface area contributed by atoms with Crippen LogP contribution in [-0.2, 0) is 0 Å². The molecule has 2 aromatic heterocycles. The van der Waals surface area contributed by atoms with E-state index in [-0.39, 0.29) is 11.8 Å². The Morgan fingerprint density at radius 2 is 2.08 bits per heavy atom. The van der Waals surface area contributed by atoms with Crippen LogP contribution in [0, 0.1) is 6.92 Å². The number of aryl methyl sites for hydroxylation is 1. The topological polar surface area (TPSA) is 77.2 Å². The summed E-state index contributed by atoms with van der Waals surface area (Å²) in [6, 6.07) is 6.80. The Labute approximate surface area is 150 Å². The van der Waals surface area contributed by atoms with Crippen molar-refractivity contribution in [2.45, 2.75) is 26.7 Å². The first-order chi connectivity index (χ1) is 11.9. The minimum absolute atomic E-state index is 0.141. The number of anilines is 1. The van der Waals surface area contributed by atoms with Gasteiger partial charge in [0, 0.05) is 10.7 Å². The molecule has 6 nitrogen and oxygen atoms in total. The minimum Gasteiger partial charge on any atom is -0.495 e. The van der Waals surface area contributed by atoms with Crippen molar-refractivity contribution in [2.24, 2.45) is 0 Å². The summed E-state index contributed by atoms with van der Waals surface area (Å²) in [6.07, 6.45) is 0. The van der Waals surface area contributed by atoms with Crippen molar-refractivity contribution in [1.29, 1.82) is 0 Å². The predicted octanol–water partition coefficient (Wildman–Crippen LogP) is 4.57. The van der Waals surface area contributed by atoms with Crippen molar-refractivity contribution >= 4 is 34.3 Å². The molecule has 0 saturated carbocycles. The van der Waals surface area contributed by atoms with Crippen molar-refractivity contribution in [1.82, 2.24) is 10.1 Å². The summed E-state index contributed by atoms with van der Waals surface area (Å²) < 4.78 is 10.5. The van der Waals surface area contributed by atoms with Crippen molar-refractivity contribution < 1.29 is 14.1 Å². The van der Waals surface area contributed by atoms with Crippen LogP contribution in [0.5, 0.6) is 5.75 Å². The third-order valence-corrected chi connectivity index (χ3v) is 4.12. The molecule has 0 fully saturated rings. The monoisotopic (exact) mass is 359 g/mol. The molecule has 0 unspecified atom stereocenters. The van der Waals surface area contributed by atoms with Gasteiger partial charge < -0.3 is 14.6 Å². The Morgan fingerprint density at radius 3 is 2.76 bits per heavy atom. The first-order valence-corrected chi connectivity index (χ1v) is 8.20. The van der Waals surface area contributed by atoms with Crippen LogP contribution in [0.25, 0.3) is 11.1 Å². The van der Waals surface area contributed by atoms with Crippen molar-refractivity contribution in [3.05, 3.63) is 46.2 Å². The van der Waals surface area contributed by atoms with E-state index >= 15 is 0 Å². The maximum Gasteiger partial charge on any atom is 0.259 e. The molecule has 0 aliphatic rings. The molecule has 0 saturated heterocycles. The van der Waals surface area contributed by atoms with E-state index in [0.29, 0.717) is 38.8 Å². The number of carbonyl (C=O) groups is 1. The zero-order chi connectivity index (χ0) is 18.1. The van der Waals surface area contributed by atoms with Gasteiger partial charge in [0.25, 0.3) is 11.6 Å². The van der Waals surface area contributed by atoms with Crippen LogP contribution in [0.2, 0.25) is 5.02 Å². The van der Waals surface area contributed by atoms with Gasteiger partial charge in [0.05, 0.1) is 29.4 Å². The zero-order valence-corrected chi connectivity index (χ0v) is 15.1. The van der Waals surface area contributed by atoms with Gasteiger partial charge in [0.1, 0.15) is 5.75 Å². The fourth-order valence-electron chi connectivity index (χ4n) is 2.56. The molecule has 25 heavy (non-hydrogen) atoms. The lowest BCUT2D eigenvalue weighted by molar-refractivity contribution is 0.102. The molecule has 0 spiro atoms. The second kappa shape index (κ2) is 6.72. The molecule has 0 bridgehead atoms. The summed E-state index contributed by atoms with van der Waals surface area (Å²) in [7, 11) is 1.53. The Morgan fingerprint density at radius 1 is 1.32 bits per heavy atom. The Balaban J connectivity index is 2.08. The Kier molecular flexibility index (Phi) is 4.63. The number of methoxy groups -OCH3 is 1. The van der Waals surface area contributed by atoms with Crippen LogP contribution in [0.15, 0.2) is 28.8 Å². The highest BCUT2D eigenvalue weighted by Crippen LogP contribution is 2.30. The number of hydrogen-bond acceptors (Lipinski definition) is 5. The second-order valence-electron chi connectivity index (χ2n) is 6.00. The van der Waals surface area contributed by atoms with Crippen LogP contribution < -0.4 is 10.1 Å². The molecule has 0 aliphatic heterocycles. The van der Waals surface area contributed by atoms with Crippen molar-refractivity contribution in [3.63, 3.8) is 0 Å². The van der Waals surface area contributed by atoms with Gasteiger partial charge in [-0.3, -0.25) is 4.79 Å². The first-order valence-electron chi connectivity index (χ1n) is 7.82. The lowest BCUT2D eigenvalue weighted by atomic mass is 10.0. The molecule has 130 valence electrons. The molecule has 3 aromatic rings. The van der Waals surface area contributed by atoms with E-state index in [1.54, 1.807) is 31.2 Å². The van der Waals surface area contributed by atoms with Crippen LogP contribution in [0.3, 0.4) is 0 Å². The second-order valence-corrected chi connectivity index (χ2v) is 6.43. The summed E-state index contributed by atoms with van der Waals surface area (Å²) in [5.74, 6) is 0.359. The van der Waals surface area contributed by atoms with Gasteiger partial charge in [-0.2, -0.15) is 0 Å². The number of pyridine rings is 1. The van der Waals surface area contributed by atoms with E-state index in [1.807, 2.05) is 13.8 Å². The van der Waals surface area contributed by atoms with Gasteiger partial charge in [-0.25, -0.2) is 4.98 Å². The highest BCUT2D eigenvalue weighted by atomic mass is 35.5. The molecular formula is C18H18ClN3O3. The maximum absolute atomic E-state index is 12.9. The van der Waals surface area contributed by atoms with Crippen molar-refractivity contribution in [3.8, 4) is 5.75 Å². The normalized spacial score (nSPS) is 11.1. The number of halogens is 1. The van der Waals surface area contributed by atoms with Crippen LogP contribution in [-0.4, -0.2) is 23.2 Å². The Bertz CT molecular complexity index is 950. The number of fused-ring (bicyclic) bond motifs is 1. The number of ether oxygens (including phenoxy) is 1. The molecule has 0 atom stereocenters. The zero-order valence-electron chi connectivity index (χ0n) is 14.4. The fourth-order valence-corrected chi connectivity index (χ4v) is 2.73. The summed E-state index contributed by atoms with van der Waals surface area (Å²) >= 11 is 6.03. The standard InChI is InChI=1S/C18H18ClN3O3/c1-9(2)13-8-12(16-10(3)22-25-18(16)21-13)17(23)20-14-7-11(19)5-6-15(14)24-4/h5-9H,1-4H3,(H,20,23). The van der Waals surface area contributed by atoms with E-state index in [9.17, 15) is 4.79 Å². The summed E-state index contributed by atoms with van der Waals surface area (Å²) in [4.78, 5) is 17.4. The molecule has 1 amide bonds. The van der Waals surface area contributed by atoms with Gasteiger partial charge in [0.15, 0.2) is 0 Å². The number of rotatable bonds is 4. The van der Waals surface area contributed by atoms with Gasteiger partial charge in [-0.05, 0) is 37.1 Å². The average Bonchev–Trinajstić information content (AvgIpc) is 2.95. The summed E-state index contributed by atoms with van der Waals surface area (Å²) in [5, 5.41) is 7.88. The molecule has 0 aliphatic carbocycles. The number of aromatic nitrogens is 2. The largest absolute Gasteiger partial charge is 0.495 e. The van der Waals surface area contributed by atoms with Crippen molar-refractivity contribution in [2.75, 3.05) is 12.4 Å². The number of hydrogen-bond donors (Lipinski definition) is 1. The Hall–Kier alpha value is -2.60. The van der Waals surface area contributed by atoms with Gasteiger partial charge in [-0.15, -0.1) is 0 Å². The number of nitrogens with zero attached hydrogens (tertiary/aromatic N) is 2. The van der Waals surface area contributed by atoms with Gasteiger partial charge >= 0.3 is 0 Å². The third-order valence-electron chi connectivity index (χ3n) is 3.88. The van der Waals surface area contributed by atoms with Crippen LogP contribution >= 0.6 is 11.6 Å². The minimum atomic E-state index is -0.304. The predicted molar refractivity (Wildman–Crippen MR) is 96.6 cm³/mol. The smallest absolute Gasteiger partial charge is 0.259 e. The molecule has 7 heteroatoms. The number of benzene rings is 1. The maximum atomic E-state index is 12.9. The van der Waals surface area contributed by atoms with Crippen LogP contribution in [0.1, 0.15) is 41.5 Å². The lowest BCUT2D eigenvalue weighted by Gasteiger charge is -2.12. The van der Waals surface area contributed by atoms with Gasteiger partial charge in [0.2, 0.25) is 0 Å². The molecule has 2 heterocycles. The number of amides is 1. The average molecular weight is 360 g/mol. The van der Waals surface area contributed by atoms with E-state index in [2.05, 4.69) is 15.5 Å². The number of carbonyl (C=O) groups excluding carboxylic acids is 1. The summed E-state index contributed by atoms with van der Waals surface area (Å²) in [6.45, 7) is 5.78. The SMILES string of the molecule is COc1ccc(Cl)cc1NC(=O)c1cc(C(C)C)nc2onc(C)c12. The highest BCUT2D eigenvalue weighted by molar-refractivity contribution is 6.31. The lowest BCUT2D eigenvalue weighted by Crippen LogP contribution is -2.14. The molecule has 1 aromatic carbocycles. The third kappa shape index (κ3) is 3.30. The quantitative estimate of drug-likeness (QED) is 0.738. The first kappa shape index (κ1) is 17.2. The van der Waals surface area contributed by atoms with E-state index in [4.69, 9.17) is 20.9 Å². The van der Waals surface area contributed by atoms with E-state index < -0.39 is 0 Å². The van der Waals surface area contributed by atoms with Crippen LogP contribution in [0.4, 0.5) is 5.69 Å². The van der Waals surface area contributed by atoms with E-state index in [0.717, 1.165) is 5.69 Å². The fraction of sp³-hybridized carbons (Fsp3) is 0.278. The van der Waals surface area contributed by atoms with Gasteiger partial charge in [-0.1, -0.05) is 30.6 Å². The molecular weight excluding hydrogens is 342 g/mol. The molecule has 3 rings (SSSR count). The van der Waals surface area contributed by atoms with E-state index in [1.165, 1.54) is 7.11 Å². The number of nitrogens with one attached hydrogen (secondary N) is 1. The highest BCUT2D eigenvalue weighted by Gasteiger charge is 2.20.